The van der Waals surface area contributed by atoms with Crippen molar-refractivity contribution in [3.63, 3.8) is 0 Å². The molecule has 5 heteroatoms. The largest absolute Gasteiger partial charge is 0.496 e. The van der Waals surface area contributed by atoms with E-state index in [1.165, 1.54) is 38.5 Å². The number of rotatable bonds is 6. The van der Waals surface area contributed by atoms with Crippen molar-refractivity contribution in [1.82, 2.24) is 5.32 Å². The fraction of sp³-hybridized carbons (Fsp3) is 0.611. The highest BCUT2D eigenvalue weighted by Gasteiger charge is 2.23. The number of carbonyl (C=O) groups is 1. The normalized spacial score (nSPS) is 18.3. The molecule has 0 saturated heterocycles. The number of hydrogen-bond acceptors (Lipinski definition) is 3. The molecule has 1 aliphatic rings. The zero-order chi connectivity index (χ0) is 16.8. The summed E-state index contributed by atoms with van der Waals surface area (Å²) in [4.78, 5) is 12.3. The molecule has 1 aromatic rings. The van der Waals surface area contributed by atoms with Crippen molar-refractivity contribution in [3.8, 4) is 5.75 Å². The first-order valence-corrected chi connectivity index (χ1v) is 8.40. The van der Waals surface area contributed by atoms with Crippen molar-refractivity contribution in [2.75, 3.05) is 7.11 Å². The molecule has 0 heterocycles. The molecule has 0 aromatic heterocycles. The number of benzene rings is 1. The number of amides is 1. The Morgan fingerprint density at radius 3 is 2.74 bits per heavy atom. The molecule has 1 aliphatic carbocycles. The second kappa shape index (κ2) is 8.29. The van der Waals surface area contributed by atoms with E-state index in [1.807, 2.05) is 6.92 Å². The molecule has 2 rings (SSSR count). The molecule has 0 radical (unpaired) electrons. The molecule has 128 valence electrons. The van der Waals surface area contributed by atoms with Crippen LogP contribution in [0.1, 0.15) is 57.1 Å². The number of ether oxygens (including phenoxy) is 1. The van der Waals surface area contributed by atoms with Gasteiger partial charge in [-0.05, 0) is 37.5 Å². The van der Waals surface area contributed by atoms with Crippen molar-refractivity contribution in [3.05, 3.63) is 29.6 Å². The number of nitrogens with two attached hydrogens (primary N) is 1. The van der Waals surface area contributed by atoms with E-state index >= 15 is 0 Å². The quantitative estimate of drug-likeness (QED) is 0.844. The molecule has 2 unspecified atom stereocenters. The van der Waals surface area contributed by atoms with Crippen LogP contribution >= 0.6 is 0 Å². The lowest BCUT2D eigenvalue weighted by Gasteiger charge is -2.25. The highest BCUT2D eigenvalue weighted by molar-refractivity contribution is 5.82. The van der Waals surface area contributed by atoms with E-state index < -0.39 is 6.04 Å². The Morgan fingerprint density at radius 2 is 2.09 bits per heavy atom. The van der Waals surface area contributed by atoms with Crippen LogP contribution < -0.4 is 15.8 Å². The van der Waals surface area contributed by atoms with Gasteiger partial charge in [-0.25, -0.2) is 4.39 Å². The third kappa shape index (κ3) is 4.93. The number of hydrogen-bond donors (Lipinski definition) is 2. The van der Waals surface area contributed by atoms with Gasteiger partial charge in [0.2, 0.25) is 5.91 Å². The summed E-state index contributed by atoms with van der Waals surface area (Å²) in [6, 6.07) is 3.42. The van der Waals surface area contributed by atoms with Gasteiger partial charge in [0, 0.05) is 5.56 Å². The SMILES string of the molecule is COc1ccc(F)cc1C(C)NC(=O)C(N)CC1CCCCC1. The van der Waals surface area contributed by atoms with Gasteiger partial charge >= 0.3 is 0 Å². The van der Waals surface area contributed by atoms with Crippen LogP contribution in [0.2, 0.25) is 0 Å². The molecule has 1 saturated carbocycles. The van der Waals surface area contributed by atoms with Gasteiger partial charge < -0.3 is 15.8 Å². The smallest absolute Gasteiger partial charge is 0.237 e. The van der Waals surface area contributed by atoms with Gasteiger partial charge in [-0.2, -0.15) is 0 Å². The van der Waals surface area contributed by atoms with Gasteiger partial charge in [0.25, 0.3) is 0 Å². The van der Waals surface area contributed by atoms with Crippen LogP contribution in [-0.2, 0) is 4.79 Å². The summed E-state index contributed by atoms with van der Waals surface area (Å²) in [6.45, 7) is 1.81. The molecule has 3 N–H and O–H groups in total. The Morgan fingerprint density at radius 1 is 1.39 bits per heavy atom. The van der Waals surface area contributed by atoms with Crippen LogP contribution in [0, 0.1) is 11.7 Å². The summed E-state index contributed by atoms with van der Waals surface area (Å²) in [7, 11) is 1.53. The molecule has 4 nitrogen and oxygen atoms in total. The minimum atomic E-state index is -0.514. The zero-order valence-corrected chi connectivity index (χ0v) is 14.0. The monoisotopic (exact) mass is 322 g/mol. The molecule has 23 heavy (non-hydrogen) atoms. The highest BCUT2D eigenvalue weighted by Crippen LogP contribution is 2.28. The summed E-state index contributed by atoms with van der Waals surface area (Å²) >= 11 is 0. The van der Waals surface area contributed by atoms with Crippen LogP contribution in [0.15, 0.2) is 18.2 Å². The topological polar surface area (TPSA) is 64.3 Å². The Kier molecular flexibility index (Phi) is 6.39. The molecule has 1 aromatic carbocycles. The first kappa shape index (κ1) is 17.7. The van der Waals surface area contributed by atoms with E-state index in [-0.39, 0.29) is 17.8 Å². The van der Waals surface area contributed by atoms with Gasteiger partial charge in [-0.1, -0.05) is 32.1 Å². The first-order chi connectivity index (χ1) is 11.0. The van der Waals surface area contributed by atoms with Crippen molar-refractivity contribution < 1.29 is 13.9 Å². The van der Waals surface area contributed by atoms with Gasteiger partial charge in [-0.15, -0.1) is 0 Å². The molecular formula is C18H27FN2O2. The molecule has 2 atom stereocenters. The molecule has 1 amide bonds. The summed E-state index contributed by atoms with van der Waals surface area (Å²) in [5.74, 6) is 0.561. The number of methoxy groups -OCH3 is 1. The Balaban J connectivity index is 1.94. The van der Waals surface area contributed by atoms with E-state index in [9.17, 15) is 9.18 Å². The highest BCUT2D eigenvalue weighted by atomic mass is 19.1. The van der Waals surface area contributed by atoms with E-state index in [1.54, 1.807) is 6.07 Å². The summed E-state index contributed by atoms with van der Waals surface area (Å²) in [5, 5.41) is 2.88. The van der Waals surface area contributed by atoms with Crippen LogP contribution in [0.4, 0.5) is 4.39 Å². The van der Waals surface area contributed by atoms with Crippen molar-refractivity contribution in [2.45, 2.75) is 57.5 Å². The van der Waals surface area contributed by atoms with Crippen molar-refractivity contribution in [2.24, 2.45) is 11.7 Å². The average Bonchev–Trinajstić information content (AvgIpc) is 2.55. The fourth-order valence-corrected chi connectivity index (χ4v) is 3.33. The predicted molar refractivity (Wildman–Crippen MR) is 88.7 cm³/mol. The number of carbonyl (C=O) groups excluding carboxylic acids is 1. The maximum atomic E-state index is 13.5. The maximum Gasteiger partial charge on any atom is 0.237 e. The standard InChI is InChI=1S/C18H27FN2O2/c1-12(15-11-14(19)8-9-17(15)23-2)21-18(22)16(20)10-13-6-4-3-5-7-13/h8-9,11-13,16H,3-7,10,20H2,1-2H3,(H,21,22). The Hall–Kier alpha value is -1.62. The lowest BCUT2D eigenvalue weighted by atomic mass is 9.85. The first-order valence-electron chi connectivity index (χ1n) is 8.40. The molecule has 0 bridgehead atoms. The van der Waals surface area contributed by atoms with E-state index in [2.05, 4.69) is 5.32 Å². The van der Waals surface area contributed by atoms with Crippen LogP contribution in [0.25, 0.3) is 0 Å². The van der Waals surface area contributed by atoms with Crippen LogP contribution in [0.5, 0.6) is 5.75 Å². The fourth-order valence-electron chi connectivity index (χ4n) is 3.33. The summed E-state index contributed by atoms with van der Waals surface area (Å²) < 4.78 is 18.7. The van der Waals surface area contributed by atoms with Crippen LogP contribution in [0.3, 0.4) is 0 Å². The molecule has 1 fully saturated rings. The van der Waals surface area contributed by atoms with Gasteiger partial charge in [0.15, 0.2) is 0 Å². The van der Waals surface area contributed by atoms with Gasteiger partial charge in [0.1, 0.15) is 11.6 Å². The maximum absolute atomic E-state index is 13.5. The molecule has 0 spiro atoms. The Bertz CT molecular complexity index is 530. The minimum Gasteiger partial charge on any atom is -0.496 e. The summed E-state index contributed by atoms with van der Waals surface area (Å²) in [5.41, 5.74) is 6.67. The van der Waals surface area contributed by atoms with Crippen LogP contribution in [-0.4, -0.2) is 19.1 Å². The second-order valence-electron chi connectivity index (χ2n) is 6.46. The number of halogens is 1. The van der Waals surface area contributed by atoms with Gasteiger partial charge in [0.05, 0.1) is 19.2 Å². The lowest BCUT2D eigenvalue weighted by Crippen LogP contribution is -2.43. The predicted octanol–water partition coefficient (Wildman–Crippen LogP) is 3.31. The zero-order valence-electron chi connectivity index (χ0n) is 14.0. The Labute approximate surface area is 137 Å². The van der Waals surface area contributed by atoms with E-state index in [0.29, 0.717) is 17.2 Å². The molecule has 0 aliphatic heterocycles. The molecular weight excluding hydrogens is 295 g/mol. The lowest BCUT2D eigenvalue weighted by molar-refractivity contribution is -0.123. The van der Waals surface area contributed by atoms with Crippen molar-refractivity contribution >= 4 is 5.91 Å². The van der Waals surface area contributed by atoms with E-state index in [0.717, 1.165) is 19.3 Å². The minimum absolute atomic E-state index is 0.186. The second-order valence-corrected chi connectivity index (χ2v) is 6.46. The van der Waals surface area contributed by atoms with Gasteiger partial charge in [-0.3, -0.25) is 4.79 Å². The van der Waals surface area contributed by atoms with Crippen molar-refractivity contribution in [1.29, 1.82) is 0 Å². The third-order valence-corrected chi connectivity index (χ3v) is 4.67. The third-order valence-electron chi connectivity index (χ3n) is 4.67. The average molecular weight is 322 g/mol. The summed E-state index contributed by atoms with van der Waals surface area (Å²) in [6.07, 6.45) is 6.79. The number of nitrogens with one attached hydrogen (secondary N) is 1. The van der Waals surface area contributed by atoms with E-state index in [4.69, 9.17) is 10.5 Å².